The van der Waals surface area contributed by atoms with E-state index in [1.807, 2.05) is 28.7 Å². The first kappa shape index (κ1) is 30.4. The van der Waals surface area contributed by atoms with Crippen LogP contribution in [-0.4, -0.2) is 91.9 Å². The largest absolute Gasteiger partial charge is 0.467 e. The van der Waals surface area contributed by atoms with Gasteiger partial charge in [0, 0.05) is 55.4 Å². The van der Waals surface area contributed by atoms with Crippen molar-refractivity contribution in [1.82, 2.24) is 19.8 Å². The number of nitrogens with zero attached hydrogens (tertiary/aromatic N) is 6. The van der Waals surface area contributed by atoms with Gasteiger partial charge < -0.3 is 24.3 Å². The summed E-state index contributed by atoms with van der Waals surface area (Å²) in [5.41, 5.74) is 3.22. The number of thioether (sulfide) groups is 1. The first-order valence-electron chi connectivity index (χ1n) is 14.6. The molecule has 4 heterocycles. The zero-order valence-corrected chi connectivity index (χ0v) is 26.6. The van der Waals surface area contributed by atoms with Gasteiger partial charge >= 0.3 is 6.01 Å². The number of fused-ring (bicyclic) bond motifs is 2. The highest BCUT2D eigenvalue weighted by Crippen LogP contribution is 2.37. The summed E-state index contributed by atoms with van der Waals surface area (Å²) in [4.78, 5) is 30.8. The highest BCUT2D eigenvalue weighted by Gasteiger charge is 2.32. The van der Waals surface area contributed by atoms with Crippen molar-refractivity contribution in [3.8, 4) is 6.01 Å². The van der Waals surface area contributed by atoms with E-state index in [0.29, 0.717) is 19.1 Å². The third kappa shape index (κ3) is 6.79. The van der Waals surface area contributed by atoms with E-state index >= 15 is 0 Å². The first-order valence-corrected chi connectivity index (χ1v) is 16.3. The maximum atomic E-state index is 12.5. The number of ether oxygens (including phenoxy) is 1. The van der Waals surface area contributed by atoms with Gasteiger partial charge in [0.25, 0.3) is 0 Å². The van der Waals surface area contributed by atoms with E-state index in [1.54, 1.807) is 13.2 Å². The van der Waals surface area contributed by atoms with Crippen LogP contribution in [0.5, 0.6) is 6.01 Å². The lowest BCUT2D eigenvalue weighted by Crippen LogP contribution is -2.39. The second-order valence-electron chi connectivity index (χ2n) is 11.1. The van der Waals surface area contributed by atoms with Crippen molar-refractivity contribution in [2.75, 3.05) is 70.0 Å². The number of anilines is 2. The van der Waals surface area contributed by atoms with Crippen LogP contribution >= 0.6 is 23.4 Å². The molecule has 0 bridgehead atoms. The summed E-state index contributed by atoms with van der Waals surface area (Å²) in [5.74, 6) is 0.957. The van der Waals surface area contributed by atoms with Crippen molar-refractivity contribution in [2.24, 2.45) is 0 Å². The number of halogens is 1. The van der Waals surface area contributed by atoms with Crippen LogP contribution in [0.4, 0.5) is 11.5 Å². The van der Waals surface area contributed by atoms with Gasteiger partial charge in [0.1, 0.15) is 5.82 Å². The van der Waals surface area contributed by atoms with Crippen molar-refractivity contribution in [3.05, 3.63) is 64.2 Å². The third-order valence-electron chi connectivity index (χ3n) is 8.41. The molecule has 2 fully saturated rings. The zero-order valence-electron chi connectivity index (χ0n) is 25.1. The average molecular weight is 609 g/mol. The Morgan fingerprint density at radius 2 is 1.88 bits per heavy atom. The van der Waals surface area contributed by atoms with Crippen LogP contribution in [-0.2, 0) is 17.8 Å². The zero-order chi connectivity index (χ0) is 29.6. The molecular formula is C32H41ClN6O2S. The van der Waals surface area contributed by atoms with Gasteiger partial charge in [0.2, 0.25) is 5.91 Å². The molecule has 0 unspecified atom stereocenters. The number of hydrogen-bond acceptors (Lipinski definition) is 8. The Morgan fingerprint density at radius 1 is 1.12 bits per heavy atom. The molecule has 1 amide bonds. The topological polar surface area (TPSA) is 65.0 Å². The van der Waals surface area contributed by atoms with Gasteiger partial charge in [-0.2, -0.15) is 9.97 Å². The number of rotatable bonds is 6. The maximum Gasteiger partial charge on any atom is 0.318 e. The Labute approximate surface area is 258 Å². The highest BCUT2D eigenvalue weighted by molar-refractivity contribution is 8.01. The summed E-state index contributed by atoms with van der Waals surface area (Å²) < 4.78 is 5.50. The molecule has 1 aromatic heterocycles. The van der Waals surface area contributed by atoms with Crippen molar-refractivity contribution in [2.45, 2.75) is 38.3 Å². The monoisotopic (exact) mass is 608 g/mol. The molecule has 0 N–H and O–H groups in total. The van der Waals surface area contributed by atoms with Gasteiger partial charge in [-0.25, -0.2) is 0 Å². The van der Waals surface area contributed by atoms with Gasteiger partial charge in [-0.15, -0.1) is 11.8 Å². The van der Waals surface area contributed by atoms with Crippen LogP contribution in [0.1, 0.15) is 30.5 Å². The van der Waals surface area contributed by atoms with Gasteiger partial charge in [-0.05, 0) is 75.0 Å². The predicted molar refractivity (Wildman–Crippen MR) is 175 cm³/mol. The molecule has 224 valence electrons. The molecule has 2 saturated heterocycles. The minimum absolute atomic E-state index is 0.0620. The molecule has 0 radical (unpaired) electrons. The van der Waals surface area contributed by atoms with Crippen LogP contribution in [0.25, 0.3) is 10.8 Å². The molecule has 0 spiro atoms. The standard InChI is InChI=1S/C27H30ClN5O2S.C5H11N/c1-31(19-10-13-33(16-19)24(34)12-15-36-3)26-20-11-14-32(17-22(20)29-27(30-26)35-2)23-9-5-7-18-6-4-8-21(28)25(18)23;1-6-4-2-3-5-6/h4-9,12,15,19H,10-11,13-14,16-17H2,1-3H3;2-5H2,1H3/b15-12+;/t19-;/m0./s1. The fourth-order valence-corrected chi connectivity index (χ4v) is 6.59. The van der Waals surface area contributed by atoms with Crippen LogP contribution in [0, 0.1) is 0 Å². The summed E-state index contributed by atoms with van der Waals surface area (Å²) >= 11 is 8.15. The van der Waals surface area contributed by atoms with E-state index in [-0.39, 0.29) is 11.9 Å². The summed E-state index contributed by atoms with van der Waals surface area (Å²) in [5, 5.41) is 4.77. The molecule has 0 saturated carbocycles. The number of carbonyl (C=O) groups excluding carboxylic acids is 1. The Hall–Kier alpha value is -3.01. The minimum Gasteiger partial charge on any atom is -0.467 e. The van der Waals surface area contributed by atoms with E-state index in [2.05, 4.69) is 53.1 Å². The number of amides is 1. The van der Waals surface area contributed by atoms with Crippen molar-refractivity contribution < 1.29 is 9.53 Å². The number of hydrogen-bond donors (Lipinski definition) is 0. The fraction of sp³-hybridized carbons (Fsp3) is 0.469. The molecule has 10 heteroatoms. The third-order valence-corrected chi connectivity index (χ3v) is 9.13. The van der Waals surface area contributed by atoms with Gasteiger partial charge in [0.05, 0.1) is 24.4 Å². The van der Waals surface area contributed by atoms with Gasteiger partial charge in [0.15, 0.2) is 0 Å². The van der Waals surface area contributed by atoms with Crippen molar-refractivity contribution in [1.29, 1.82) is 0 Å². The van der Waals surface area contributed by atoms with Crippen LogP contribution in [0.2, 0.25) is 5.02 Å². The lowest BCUT2D eigenvalue weighted by atomic mass is 10.0. The quantitative estimate of drug-likeness (QED) is 0.341. The Morgan fingerprint density at radius 3 is 2.57 bits per heavy atom. The van der Waals surface area contributed by atoms with Crippen LogP contribution in [0.3, 0.4) is 0 Å². The molecule has 0 aliphatic carbocycles. The van der Waals surface area contributed by atoms with Crippen LogP contribution in [0.15, 0.2) is 47.9 Å². The Kier molecular flexibility index (Phi) is 10.1. The van der Waals surface area contributed by atoms with E-state index in [1.165, 1.54) is 37.7 Å². The molecule has 3 aliphatic rings. The summed E-state index contributed by atoms with van der Waals surface area (Å²) in [6, 6.07) is 12.9. The maximum absolute atomic E-state index is 12.5. The number of carbonyl (C=O) groups is 1. The first-order chi connectivity index (χ1) is 20.4. The number of likely N-dealkylation sites (N-methyl/N-ethyl adjacent to an activating group) is 1. The molecule has 6 rings (SSSR count). The number of methoxy groups -OCH3 is 1. The van der Waals surface area contributed by atoms with Gasteiger partial charge in [-0.3, -0.25) is 4.79 Å². The minimum atomic E-state index is 0.0620. The van der Waals surface area contributed by atoms with E-state index < -0.39 is 0 Å². The Bertz CT molecular complexity index is 1420. The molecular weight excluding hydrogens is 568 g/mol. The highest BCUT2D eigenvalue weighted by atomic mass is 35.5. The molecule has 2 aromatic carbocycles. The molecule has 3 aromatic rings. The number of aromatic nitrogens is 2. The molecule has 3 aliphatic heterocycles. The normalized spacial score (nSPS) is 18.7. The lowest BCUT2D eigenvalue weighted by molar-refractivity contribution is -0.125. The smallest absolute Gasteiger partial charge is 0.318 e. The Balaban J connectivity index is 0.000000524. The second kappa shape index (κ2) is 14.0. The van der Waals surface area contributed by atoms with E-state index in [9.17, 15) is 4.79 Å². The SMILES string of the molecule is CN1CCCC1.COc1nc2c(c(N(C)[C@H]3CCN(C(=O)/C=C/SC)C3)n1)CCN(c1cccc3cccc(Cl)c13)C2. The summed E-state index contributed by atoms with van der Waals surface area (Å²) in [7, 11) is 5.84. The fourth-order valence-electron chi connectivity index (χ4n) is 6.05. The lowest BCUT2D eigenvalue weighted by Gasteiger charge is -2.34. The van der Waals surface area contributed by atoms with Crippen LogP contribution < -0.4 is 14.5 Å². The van der Waals surface area contributed by atoms with Crippen molar-refractivity contribution in [3.63, 3.8) is 0 Å². The number of benzene rings is 2. The molecule has 1 atom stereocenters. The molecule has 42 heavy (non-hydrogen) atoms. The van der Waals surface area contributed by atoms with E-state index in [0.717, 1.165) is 64.5 Å². The summed E-state index contributed by atoms with van der Waals surface area (Å²) in [6.07, 6.45) is 8.14. The van der Waals surface area contributed by atoms with Crippen molar-refractivity contribution >= 4 is 51.5 Å². The van der Waals surface area contributed by atoms with Gasteiger partial charge in [-0.1, -0.05) is 35.9 Å². The van der Waals surface area contributed by atoms with E-state index in [4.69, 9.17) is 26.3 Å². The second-order valence-corrected chi connectivity index (χ2v) is 12.3. The molecule has 8 nitrogen and oxygen atoms in total. The average Bonchev–Trinajstić information content (AvgIpc) is 3.71. The predicted octanol–water partition coefficient (Wildman–Crippen LogP) is 5.48. The number of likely N-dealkylation sites (tertiary alicyclic amines) is 2. The summed E-state index contributed by atoms with van der Waals surface area (Å²) in [6.45, 7) is 5.54.